The van der Waals surface area contributed by atoms with E-state index < -0.39 is 27.0 Å². The Hall–Kier alpha value is -3.27. The quantitative estimate of drug-likeness (QED) is 0.464. The highest BCUT2D eigenvalue weighted by atomic mass is 32.2. The van der Waals surface area contributed by atoms with Crippen molar-refractivity contribution in [1.82, 2.24) is 15.2 Å². The van der Waals surface area contributed by atoms with Crippen LogP contribution in [0.2, 0.25) is 0 Å². The van der Waals surface area contributed by atoms with Gasteiger partial charge in [-0.15, -0.1) is 4.83 Å². The number of nitrogens with one attached hydrogen (secondary N) is 2. The molecule has 1 aliphatic heterocycles. The van der Waals surface area contributed by atoms with Gasteiger partial charge in [0.2, 0.25) is 10.0 Å². The predicted molar refractivity (Wildman–Crippen MR) is 133 cm³/mol. The molecule has 0 radical (unpaired) electrons. The molecule has 0 bridgehead atoms. The maximum absolute atomic E-state index is 14.7. The van der Waals surface area contributed by atoms with Gasteiger partial charge in [-0.3, -0.25) is 15.1 Å². The topological polar surface area (TPSA) is 87.7 Å². The molecular weight excluding hydrogens is 469 g/mol. The summed E-state index contributed by atoms with van der Waals surface area (Å²) in [6.45, 7) is 3.02. The first kappa shape index (κ1) is 24.8. The van der Waals surface area contributed by atoms with E-state index in [1.54, 1.807) is 20.1 Å². The van der Waals surface area contributed by atoms with Crippen molar-refractivity contribution in [2.45, 2.75) is 25.1 Å². The molecule has 1 amide bonds. The minimum atomic E-state index is -3.87. The molecule has 2 N–H and O–H groups in total. The molecule has 0 saturated carbocycles. The van der Waals surface area contributed by atoms with Gasteiger partial charge in [0.05, 0.1) is 17.9 Å². The maximum Gasteiger partial charge on any atom is 0.269 e. The fourth-order valence-electron chi connectivity index (χ4n) is 4.27. The van der Waals surface area contributed by atoms with Crippen LogP contribution in [0.1, 0.15) is 27.9 Å². The van der Waals surface area contributed by atoms with Crippen molar-refractivity contribution in [2.75, 3.05) is 20.2 Å². The predicted octanol–water partition coefficient (Wildman–Crippen LogP) is 3.65. The first-order valence-electron chi connectivity index (χ1n) is 11.3. The number of halogens is 1. The molecule has 1 aliphatic rings. The average Bonchev–Trinajstić information content (AvgIpc) is 3.34. The highest BCUT2D eigenvalue weighted by Crippen LogP contribution is 2.25. The van der Waals surface area contributed by atoms with E-state index in [2.05, 4.69) is 10.3 Å². The number of aryl methyl sites for hydroxylation is 1. The summed E-state index contributed by atoms with van der Waals surface area (Å²) in [5.74, 6) is -0.791. The van der Waals surface area contributed by atoms with Crippen LogP contribution in [0.25, 0.3) is 11.1 Å². The lowest BCUT2D eigenvalue weighted by atomic mass is 9.99. The molecular formula is C26H28FN3O4S. The second-order valence-corrected chi connectivity index (χ2v) is 10.5. The number of ether oxygens (including phenoxy) is 1. The van der Waals surface area contributed by atoms with E-state index >= 15 is 0 Å². The molecule has 1 atom stereocenters. The van der Waals surface area contributed by atoms with Gasteiger partial charge in [0.1, 0.15) is 11.6 Å². The molecule has 3 aromatic rings. The molecule has 0 spiro atoms. The molecule has 1 unspecified atom stereocenters. The van der Waals surface area contributed by atoms with Crippen LogP contribution in [0.3, 0.4) is 0 Å². The van der Waals surface area contributed by atoms with Crippen molar-refractivity contribution in [1.29, 1.82) is 0 Å². The van der Waals surface area contributed by atoms with Gasteiger partial charge in [-0.1, -0.05) is 48.5 Å². The normalized spacial score (nSPS) is 16.3. The number of hydrazine groups is 1. The van der Waals surface area contributed by atoms with Crippen molar-refractivity contribution in [3.05, 3.63) is 89.2 Å². The van der Waals surface area contributed by atoms with E-state index in [0.717, 1.165) is 16.9 Å². The highest BCUT2D eigenvalue weighted by molar-refractivity contribution is 7.90. The van der Waals surface area contributed by atoms with Gasteiger partial charge < -0.3 is 4.74 Å². The zero-order chi connectivity index (χ0) is 25.0. The minimum absolute atomic E-state index is 0.226. The Balaban J connectivity index is 1.41. The fraction of sp³-hybridized carbons (Fsp3) is 0.269. The van der Waals surface area contributed by atoms with Gasteiger partial charge in [-0.25, -0.2) is 12.8 Å². The molecule has 4 rings (SSSR count). The molecule has 1 saturated heterocycles. The SMILES string of the molecule is COc1ccccc1CN1CCC(S(=O)(=O)NNC(=O)c2cc(-c3ccccc3)cc(C)c2F)C1. The van der Waals surface area contributed by atoms with E-state index in [-0.39, 0.29) is 5.56 Å². The molecule has 35 heavy (non-hydrogen) atoms. The zero-order valence-corrected chi connectivity index (χ0v) is 20.4. The van der Waals surface area contributed by atoms with E-state index in [9.17, 15) is 17.6 Å². The number of carbonyl (C=O) groups excluding carboxylic acids is 1. The Kier molecular flexibility index (Phi) is 7.49. The van der Waals surface area contributed by atoms with Crippen LogP contribution in [-0.2, 0) is 16.6 Å². The lowest BCUT2D eigenvalue weighted by Crippen LogP contribution is -2.46. The Morgan fingerprint density at radius 3 is 2.54 bits per heavy atom. The molecule has 3 aromatic carbocycles. The molecule has 0 aliphatic carbocycles. The molecule has 9 heteroatoms. The van der Waals surface area contributed by atoms with E-state index in [0.29, 0.717) is 37.2 Å². The third kappa shape index (κ3) is 5.70. The van der Waals surface area contributed by atoms with Crippen molar-refractivity contribution >= 4 is 15.9 Å². The summed E-state index contributed by atoms with van der Waals surface area (Å²) in [5, 5.41) is -0.709. The number of benzene rings is 3. The monoisotopic (exact) mass is 497 g/mol. The third-order valence-electron chi connectivity index (χ3n) is 6.17. The summed E-state index contributed by atoms with van der Waals surface area (Å²) in [5.41, 5.74) is 4.72. The highest BCUT2D eigenvalue weighted by Gasteiger charge is 2.33. The molecule has 1 heterocycles. The lowest BCUT2D eigenvalue weighted by molar-refractivity contribution is 0.0940. The van der Waals surface area contributed by atoms with Crippen molar-refractivity contribution in [3.63, 3.8) is 0 Å². The summed E-state index contributed by atoms with van der Waals surface area (Å²) in [6, 6.07) is 19.9. The summed E-state index contributed by atoms with van der Waals surface area (Å²) < 4.78 is 45.8. The first-order chi connectivity index (χ1) is 16.8. The Morgan fingerprint density at radius 2 is 1.80 bits per heavy atom. The van der Waals surface area contributed by atoms with Crippen LogP contribution in [0.5, 0.6) is 5.75 Å². The number of carbonyl (C=O) groups is 1. The van der Waals surface area contributed by atoms with E-state index in [4.69, 9.17) is 4.74 Å². The zero-order valence-electron chi connectivity index (χ0n) is 19.6. The Bertz CT molecular complexity index is 1320. The van der Waals surface area contributed by atoms with Crippen LogP contribution in [0, 0.1) is 12.7 Å². The van der Waals surface area contributed by atoms with Crippen LogP contribution in [0.15, 0.2) is 66.7 Å². The third-order valence-corrected chi connectivity index (χ3v) is 7.82. The number of likely N-dealkylation sites (tertiary alicyclic amines) is 1. The van der Waals surface area contributed by atoms with Gasteiger partial charge in [0.15, 0.2) is 0 Å². The van der Waals surface area contributed by atoms with E-state index in [1.807, 2.05) is 59.5 Å². The molecule has 7 nitrogen and oxygen atoms in total. The van der Waals surface area contributed by atoms with Crippen molar-refractivity contribution < 1.29 is 22.3 Å². The number of methoxy groups -OCH3 is 1. The smallest absolute Gasteiger partial charge is 0.269 e. The number of para-hydroxylation sites is 1. The van der Waals surface area contributed by atoms with Gasteiger partial charge in [-0.2, -0.15) is 0 Å². The second-order valence-electron chi connectivity index (χ2n) is 8.58. The van der Waals surface area contributed by atoms with Crippen molar-refractivity contribution in [3.8, 4) is 16.9 Å². The largest absolute Gasteiger partial charge is 0.496 e. The minimum Gasteiger partial charge on any atom is -0.496 e. The number of hydrogen-bond acceptors (Lipinski definition) is 5. The number of sulfonamides is 1. The van der Waals surface area contributed by atoms with Crippen molar-refractivity contribution in [2.24, 2.45) is 0 Å². The molecule has 184 valence electrons. The number of rotatable bonds is 8. The summed E-state index contributed by atoms with van der Waals surface area (Å²) in [6.07, 6.45) is 0.414. The Labute approximate surface area is 204 Å². The summed E-state index contributed by atoms with van der Waals surface area (Å²) >= 11 is 0. The van der Waals surface area contributed by atoms with Gasteiger partial charge in [0, 0.05) is 18.7 Å². The number of hydrogen-bond donors (Lipinski definition) is 2. The van der Waals surface area contributed by atoms with Crippen LogP contribution >= 0.6 is 0 Å². The van der Waals surface area contributed by atoms with Crippen LogP contribution in [0.4, 0.5) is 4.39 Å². The van der Waals surface area contributed by atoms with Gasteiger partial charge in [-0.05, 0) is 54.8 Å². The summed E-state index contributed by atoms with van der Waals surface area (Å²) in [4.78, 5) is 16.9. The maximum atomic E-state index is 14.7. The first-order valence-corrected chi connectivity index (χ1v) is 12.8. The van der Waals surface area contributed by atoms with E-state index in [1.165, 1.54) is 6.07 Å². The van der Waals surface area contributed by atoms with Crippen LogP contribution < -0.4 is 15.0 Å². The Morgan fingerprint density at radius 1 is 1.09 bits per heavy atom. The molecule has 1 fully saturated rings. The number of nitrogens with zero attached hydrogens (tertiary/aromatic N) is 1. The van der Waals surface area contributed by atoms with Gasteiger partial charge in [0.25, 0.3) is 5.91 Å². The standard InChI is InChI=1S/C26H28FN3O4S/c1-18-14-21(19-8-4-3-5-9-19)15-23(25(18)27)26(31)28-29-35(32,33)22-12-13-30(17-22)16-20-10-6-7-11-24(20)34-2/h3-11,14-15,22,29H,12-13,16-17H2,1-2H3,(H,28,31). The fourth-order valence-corrected chi connectivity index (χ4v) is 5.49. The summed E-state index contributed by atoms with van der Waals surface area (Å²) in [7, 11) is -2.27. The number of amides is 1. The van der Waals surface area contributed by atoms with Crippen LogP contribution in [-0.4, -0.2) is 44.7 Å². The van der Waals surface area contributed by atoms with Gasteiger partial charge >= 0.3 is 0 Å². The average molecular weight is 498 g/mol. The second kappa shape index (κ2) is 10.6. The lowest BCUT2D eigenvalue weighted by Gasteiger charge is -2.18. The molecule has 0 aromatic heterocycles.